The van der Waals surface area contributed by atoms with Gasteiger partial charge in [0.2, 0.25) is 0 Å². The molecule has 0 fully saturated rings. The number of imidazole rings is 1. The summed E-state index contributed by atoms with van der Waals surface area (Å²) in [6.07, 6.45) is 1.71. The highest BCUT2D eigenvalue weighted by atomic mass is 16.4. The maximum absolute atomic E-state index is 11.0. The van der Waals surface area contributed by atoms with Gasteiger partial charge in [0.25, 0.3) is 0 Å². The Morgan fingerprint density at radius 3 is 2.90 bits per heavy atom. The van der Waals surface area contributed by atoms with Gasteiger partial charge in [0, 0.05) is 5.69 Å². The number of hydrogen-bond donors (Lipinski definition) is 1. The van der Waals surface area contributed by atoms with Gasteiger partial charge in [0.15, 0.2) is 0 Å². The van der Waals surface area contributed by atoms with Crippen molar-refractivity contribution in [2.24, 2.45) is 0 Å². The van der Waals surface area contributed by atoms with E-state index in [0.717, 1.165) is 22.4 Å². The Morgan fingerprint density at radius 1 is 1.30 bits per heavy atom. The van der Waals surface area contributed by atoms with E-state index in [1.807, 2.05) is 29.7 Å². The fraction of sp³-hybridized carbons (Fsp3) is 0.133. The van der Waals surface area contributed by atoms with E-state index in [-0.39, 0.29) is 5.56 Å². The highest BCUT2D eigenvalue weighted by Crippen LogP contribution is 2.16. The van der Waals surface area contributed by atoms with Crippen molar-refractivity contribution in [2.45, 2.75) is 13.5 Å². The minimum absolute atomic E-state index is 0.261. The molecule has 0 amide bonds. The number of pyridine rings is 1. The summed E-state index contributed by atoms with van der Waals surface area (Å²) in [5.41, 5.74) is 3.72. The summed E-state index contributed by atoms with van der Waals surface area (Å²) >= 11 is 0. The number of benzene rings is 1. The van der Waals surface area contributed by atoms with E-state index in [2.05, 4.69) is 9.97 Å². The summed E-state index contributed by atoms with van der Waals surface area (Å²) in [6, 6.07) is 10.8. The molecule has 3 aromatic rings. The van der Waals surface area contributed by atoms with Crippen molar-refractivity contribution < 1.29 is 9.90 Å². The first-order chi connectivity index (χ1) is 9.63. The van der Waals surface area contributed by atoms with Crippen LogP contribution in [0.4, 0.5) is 0 Å². The first kappa shape index (κ1) is 12.3. The zero-order chi connectivity index (χ0) is 14.1. The molecule has 5 heteroatoms. The molecule has 0 aliphatic rings. The van der Waals surface area contributed by atoms with Crippen LogP contribution in [-0.2, 0) is 6.54 Å². The van der Waals surface area contributed by atoms with Gasteiger partial charge in [-0.05, 0) is 37.3 Å². The van der Waals surface area contributed by atoms with Crippen molar-refractivity contribution in [3.63, 3.8) is 0 Å². The van der Waals surface area contributed by atoms with Crippen LogP contribution in [-0.4, -0.2) is 25.6 Å². The Hall–Kier alpha value is -2.69. The molecule has 0 saturated carbocycles. The molecule has 5 nitrogen and oxygen atoms in total. The van der Waals surface area contributed by atoms with Crippen molar-refractivity contribution in [3.8, 4) is 0 Å². The minimum atomic E-state index is -0.937. The van der Waals surface area contributed by atoms with Crippen molar-refractivity contribution >= 4 is 17.0 Å². The number of rotatable bonds is 3. The number of carboxylic acid groups (broad SMARTS) is 1. The third-order valence-corrected chi connectivity index (χ3v) is 3.15. The van der Waals surface area contributed by atoms with Gasteiger partial charge in [0.05, 0.1) is 35.2 Å². The Bertz CT molecular complexity index is 793. The van der Waals surface area contributed by atoms with E-state index < -0.39 is 5.97 Å². The topological polar surface area (TPSA) is 68.0 Å². The number of aromatic carboxylic acids is 1. The second-order valence-electron chi connectivity index (χ2n) is 4.65. The van der Waals surface area contributed by atoms with Gasteiger partial charge in [-0.15, -0.1) is 0 Å². The van der Waals surface area contributed by atoms with Crippen LogP contribution in [0, 0.1) is 6.92 Å². The molecule has 1 aromatic carbocycles. The second-order valence-corrected chi connectivity index (χ2v) is 4.65. The van der Waals surface area contributed by atoms with Crippen molar-refractivity contribution in [1.29, 1.82) is 0 Å². The molecule has 0 bridgehead atoms. The molecule has 2 aromatic heterocycles. The fourth-order valence-corrected chi connectivity index (χ4v) is 2.18. The maximum Gasteiger partial charge on any atom is 0.335 e. The highest BCUT2D eigenvalue weighted by Gasteiger charge is 2.08. The van der Waals surface area contributed by atoms with E-state index in [0.29, 0.717) is 6.54 Å². The van der Waals surface area contributed by atoms with Crippen LogP contribution >= 0.6 is 0 Å². The number of aryl methyl sites for hydroxylation is 1. The average molecular weight is 267 g/mol. The van der Waals surface area contributed by atoms with Crippen LogP contribution < -0.4 is 0 Å². The van der Waals surface area contributed by atoms with Gasteiger partial charge in [-0.3, -0.25) is 4.98 Å². The van der Waals surface area contributed by atoms with E-state index in [9.17, 15) is 4.79 Å². The minimum Gasteiger partial charge on any atom is -0.478 e. The van der Waals surface area contributed by atoms with Gasteiger partial charge in [-0.1, -0.05) is 6.07 Å². The zero-order valence-corrected chi connectivity index (χ0v) is 10.9. The summed E-state index contributed by atoms with van der Waals surface area (Å²) < 4.78 is 1.91. The monoisotopic (exact) mass is 267 g/mol. The third kappa shape index (κ3) is 2.25. The molecule has 100 valence electrons. The van der Waals surface area contributed by atoms with Crippen LogP contribution in [0.2, 0.25) is 0 Å². The third-order valence-electron chi connectivity index (χ3n) is 3.15. The largest absolute Gasteiger partial charge is 0.478 e. The van der Waals surface area contributed by atoms with Crippen LogP contribution in [0.3, 0.4) is 0 Å². The summed E-state index contributed by atoms with van der Waals surface area (Å²) in [7, 11) is 0. The lowest BCUT2D eigenvalue weighted by Gasteiger charge is -2.05. The van der Waals surface area contributed by atoms with Gasteiger partial charge < -0.3 is 9.67 Å². The summed E-state index contributed by atoms with van der Waals surface area (Å²) in [5, 5.41) is 9.06. The first-order valence-corrected chi connectivity index (χ1v) is 6.24. The quantitative estimate of drug-likeness (QED) is 0.791. The smallest absolute Gasteiger partial charge is 0.335 e. The van der Waals surface area contributed by atoms with E-state index in [1.165, 1.54) is 0 Å². The van der Waals surface area contributed by atoms with Crippen LogP contribution in [0.15, 0.2) is 42.7 Å². The Balaban J connectivity index is 2.03. The number of nitrogens with zero attached hydrogens (tertiary/aromatic N) is 3. The molecule has 0 saturated heterocycles. The zero-order valence-electron chi connectivity index (χ0n) is 10.9. The van der Waals surface area contributed by atoms with Crippen LogP contribution in [0.1, 0.15) is 21.7 Å². The van der Waals surface area contributed by atoms with E-state index in [4.69, 9.17) is 5.11 Å². The summed E-state index contributed by atoms with van der Waals surface area (Å²) in [4.78, 5) is 19.8. The van der Waals surface area contributed by atoms with Crippen molar-refractivity contribution in [3.05, 3.63) is 59.7 Å². The van der Waals surface area contributed by atoms with E-state index >= 15 is 0 Å². The summed E-state index contributed by atoms with van der Waals surface area (Å²) in [6.45, 7) is 2.51. The molecule has 0 spiro atoms. The van der Waals surface area contributed by atoms with Gasteiger partial charge >= 0.3 is 5.97 Å². The van der Waals surface area contributed by atoms with Gasteiger partial charge in [-0.25, -0.2) is 9.78 Å². The molecule has 0 aliphatic carbocycles. The average Bonchev–Trinajstić information content (AvgIpc) is 2.81. The predicted molar refractivity (Wildman–Crippen MR) is 74.8 cm³/mol. The Kier molecular flexibility index (Phi) is 2.95. The molecule has 1 N–H and O–H groups in total. The number of carbonyl (C=O) groups is 1. The van der Waals surface area contributed by atoms with Gasteiger partial charge in [0.1, 0.15) is 0 Å². The van der Waals surface area contributed by atoms with Crippen LogP contribution in [0.5, 0.6) is 0 Å². The second kappa shape index (κ2) is 4.77. The number of hydrogen-bond acceptors (Lipinski definition) is 3. The number of aromatic nitrogens is 3. The molecular weight excluding hydrogens is 254 g/mol. The SMILES string of the molecule is Cc1cccc(Cn2cnc3ccc(C(=O)O)cc32)n1. The Morgan fingerprint density at radius 2 is 2.15 bits per heavy atom. The molecule has 0 radical (unpaired) electrons. The predicted octanol–water partition coefficient (Wildman–Crippen LogP) is 2.49. The molecule has 2 heterocycles. The molecule has 0 unspecified atom stereocenters. The standard InChI is InChI=1S/C15H13N3O2/c1-10-3-2-4-12(17-10)8-18-9-16-13-6-5-11(15(19)20)7-14(13)18/h2-7,9H,8H2,1H3,(H,19,20). The molecule has 0 aliphatic heterocycles. The lowest BCUT2D eigenvalue weighted by Crippen LogP contribution is -2.02. The lowest BCUT2D eigenvalue weighted by atomic mass is 10.2. The normalized spacial score (nSPS) is 10.8. The van der Waals surface area contributed by atoms with Crippen molar-refractivity contribution in [2.75, 3.05) is 0 Å². The van der Waals surface area contributed by atoms with Gasteiger partial charge in [-0.2, -0.15) is 0 Å². The molecule has 0 atom stereocenters. The fourth-order valence-electron chi connectivity index (χ4n) is 2.18. The molecular formula is C15H13N3O2. The number of carboxylic acids is 1. The number of fused-ring (bicyclic) bond motifs is 1. The Labute approximate surface area is 115 Å². The van der Waals surface area contributed by atoms with Crippen LogP contribution in [0.25, 0.3) is 11.0 Å². The molecule has 20 heavy (non-hydrogen) atoms. The molecule has 3 rings (SSSR count). The van der Waals surface area contributed by atoms with E-state index in [1.54, 1.807) is 24.5 Å². The highest BCUT2D eigenvalue weighted by molar-refractivity contribution is 5.92. The maximum atomic E-state index is 11.0. The van der Waals surface area contributed by atoms with Crippen molar-refractivity contribution in [1.82, 2.24) is 14.5 Å². The first-order valence-electron chi connectivity index (χ1n) is 6.24. The lowest BCUT2D eigenvalue weighted by molar-refractivity contribution is 0.0697. The summed E-state index contributed by atoms with van der Waals surface area (Å²) in [5.74, 6) is -0.937.